The summed E-state index contributed by atoms with van der Waals surface area (Å²) in [5.74, 6) is -1.87. The zero-order valence-electron chi connectivity index (χ0n) is 31.2. The van der Waals surface area contributed by atoms with E-state index in [2.05, 4.69) is 25.2 Å². The van der Waals surface area contributed by atoms with E-state index in [1.54, 1.807) is 19.2 Å². The number of para-hydroxylation sites is 1. The summed E-state index contributed by atoms with van der Waals surface area (Å²) in [5.41, 5.74) is 5.73. The topological polar surface area (TPSA) is 140 Å². The van der Waals surface area contributed by atoms with Gasteiger partial charge in [-0.2, -0.15) is 10.2 Å². The van der Waals surface area contributed by atoms with Crippen LogP contribution in [0.15, 0.2) is 78.9 Å². The minimum absolute atomic E-state index is 0.110. The molecule has 294 valence electrons. The number of amides is 1. The van der Waals surface area contributed by atoms with Crippen LogP contribution in [0.5, 0.6) is 0 Å². The van der Waals surface area contributed by atoms with E-state index in [1.807, 2.05) is 55.5 Å². The molecule has 4 aromatic heterocycles. The maximum Gasteiger partial charge on any atom is 0.282 e. The Hall–Kier alpha value is -6.03. The molecule has 0 fully saturated rings. The first-order valence-electron chi connectivity index (χ1n) is 18.3. The number of fused-ring (bicyclic) bond motifs is 3. The number of rotatable bonds is 11. The van der Waals surface area contributed by atoms with Gasteiger partial charge in [-0.3, -0.25) is 18.9 Å². The Morgan fingerprint density at radius 1 is 0.965 bits per heavy atom. The SMILES string of the molecule is CC1CCc2c(C(F)F)nn(CC(=O)N[C@@H](Cc3cc(F)cc(F)c3)c3nc4cc(-c5ccccc5)[nH]c4cc3-c3cccc4c(NS(C)(=O)=O)nn(C)c34)c2C1. The van der Waals surface area contributed by atoms with Crippen LogP contribution in [-0.2, 0) is 47.7 Å². The molecule has 0 radical (unpaired) electrons. The third-order valence-electron chi connectivity index (χ3n) is 10.3. The third kappa shape index (κ3) is 7.73. The molecule has 3 N–H and O–H groups in total. The number of H-pyrrole nitrogens is 1. The molecule has 1 unspecified atom stereocenters. The number of sulfonamides is 1. The van der Waals surface area contributed by atoms with E-state index in [1.165, 1.54) is 21.5 Å². The van der Waals surface area contributed by atoms with Gasteiger partial charge in [-0.25, -0.2) is 31.0 Å². The summed E-state index contributed by atoms with van der Waals surface area (Å²) < 4.78 is 87.5. The van der Waals surface area contributed by atoms with Crippen molar-refractivity contribution in [1.82, 2.24) is 34.8 Å². The Bertz CT molecular complexity index is 2760. The molecular formula is C41H38F4N8O3S. The van der Waals surface area contributed by atoms with Gasteiger partial charge in [0.15, 0.2) is 5.82 Å². The third-order valence-corrected chi connectivity index (χ3v) is 10.9. The van der Waals surface area contributed by atoms with Crippen LogP contribution in [0.2, 0.25) is 0 Å². The second kappa shape index (κ2) is 14.8. The lowest BCUT2D eigenvalue weighted by atomic mass is 9.88. The normalized spacial score (nSPS) is 15.0. The van der Waals surface area contributed by atoms with Crippen LogP contribution < -0.4 is 10.0 Å². The molecule has 0 bridgehead atoms. The van der Waals surface area contributed by atoms with Crippen LogP contribution in [0, 0.1) is 17.6 Å². The highest BCUT2D eigenvalue weighted by molar-refractivity contribution is 7.92. The van der Waals surface area contributed by atoms with Gasteiger partial charge in [0.1, 0.15) is 23.9 Å². The number of benzene rings is 3. The molecule has 16 heteroatoms. The van der Waals surface area contributed by atoms with E-state index in [4.69, 9.17) is 4.98 Å². The van der Waals surface area contributed by atoms with Crippen molar-refractivity contribution in [3.63, 3.8) is 0 Å². The predicted molar refractivity (Wildman–Crippen MR) is 209 cm³/mol. The molecule has 1 aliphatic rings. The molecule has 0 spiro atoms. The highest BCUT2D eigenvalue weighted by Crippen LogP contribution is 2.39. The van der Waals surface area contributed by atoms with Crippen molar-refractivity contribution in [2.75, 3.05) is 11.0 Å². The smallest absolute Gasteiger partial charge is 0.282 e. The van der Waals surface area contributed by atoms with Gasteiger partial charge in [0.05, 0.1) is 34.5 Å². The van der Waals surface area contributed by atoms with Gasteiger partial charge in [-0.15, -0.1) is 0 Å². The lowest BCUT2D eigenvalue weighted by molar-refractivity contribution is -0.122. The number of aromatic nitrogens is 6. The highest BCUT2D eigenvalue weighted by atomic mass is 32.2. The Labute approximate surface area is 325 Å². The lowest BCUT2D eigenvalue weighted by Crippen LogP contribution is -2.34. The standard InChI is InChI=1S/C41H38F4N8O3S/c1-22-12-13-28-35(14-22)53(49-38(28)40(44)45)21-36(54)47-34(17-23-15-25(42)18-26(43)16-23)37-30(19-32-33(48-37)20-31(46-32)24-8-5-4-6-9-24)27-10-7-11-29-39(27)52(2)50-41(29)51-57(3,55)56/h4-11,15-16,18-20,22,34,40,46H,12-14,17,21H2,1-3H3,(H,47,54)(H,50,51)/t22?,34-/m0/s1. The van der Waals surface area contributed by atoms with Gasteiger partial charge in [-0.05, 0) is 73.1 Å². The number of pyridine rings is 1. The summed E-state index contributed by atoms with van der Waals surface area (Å²) in [7, 11) is -2.03. The number of hydrogen-bond donors (Lipinski definition) is 3. The molecular weight excluding hydrogens is 761 g/mol. The minimum Gasteiger partial charge on any atom is -0.353 e. The molecule has 57 heavy (non-hydrogen) atoms. The first-order chi connectivity index (χ1) is 27.2. The van der Waals surface area contributed by atoms with E-state index in [-0.39, 0.29) is 36.0 Å². The fourth-order valence-corrected chi connectivity index (χ4v) is 8.37. The molecule has 0 aliphatic heterocycles. The first kappa shape index (κ1) is 37.9. The number of nitrogens with zero attached hydrogens (tertiary/aromatic N) is 5. The van der Waals surface area contributed by atoms with Crippen LogP contribution in [0.1, 0.15) is 54.0 Å². The van der Waals surface area contributed by atoms with Gasteiger partial charge in [0.25, 0.3) is 6.43 Å². The monoisotopic (exact) mass is 798 g/mol. The fraction of sp³-hybridized carbons (Fsp3) is 0.268. The molecule has 4 heterocycles. The minimum atomic E-state index is -3.70. The maximum absolute atomic E-state index is 14.7. The molecule has 7 aromatic rings. The van der Waals surface area contributed by atoms with Crippen LogP contribution >= 0.6 is 0 Å². The molecule has 8 rings (SSSR count). The molecule has 1 aliphatic carbocycles. The molecule has 2 atom stereocenters. The summed E-state index contributed by atoms with van der Waals surface area (Å²) in [6, 6.07) is 20.7. The van der Waals surface area contributed by atoms with Crippen LogP contribution in [0.4, 0.5) is 23.4 Å². The van der Waals surface area contributed by atoms with Gasteiger partial charge in [0, 0.05) is 46.6 Å². The average Bonchev–Trinajstić information content (AvgIpc) is 3.83. The summed E-state index contributed by atoms with van der Waals surface area (Å²) in [4.78, 5) is 22.7. The summed E-state index contributed by atoms with van der Waals surface area (Å²) in [6.45, 7) is 1.64. The average molecular weight is 799 g/mol. The summed E-state index contributed by atoms with van der Waals surface area (Å²) in [6.07, 6.45) is -0.246. The molecule has 0 saturated heterocycles. The predicted octanol–water partition coefficient (Wildman–Crippen LogP) is 7.79. The number of carbonyl (C=O) groups is 1. The van der Waals surface area contributed by atoms with Crippen LogP contribution in [0.25, 0.3) is 44.3 Å². The van der Waals surface area contributed by atoms with Crippen molar-refractivity contribution in [1.29, 1.82) is 0 Å². The number of aromatic amines is 1. The maximum atomic E-state index is 14.7. The van der Waals surface area contributed by atoms with E-state index in [0.29, 0.717) is 62.9 Å². The summed E-state index contributed by atoms with van der Waals surface area (Å²) in [5, 5.41) is 12.2. The Balaban J connectivity index is 1.30. The molecule has 1 amide bonds. The van der Waals surface area contributed by atoms with Crippen molar-refractivity contribution >= 4 is 43.7 Å². The quantitative estimate of drug-likeness (QED) is 0.114. The number of nitrogens with one attached hydrogen (secondary N) is 3. The van der Waals surface area contributed by atoms with Crippen LogP contribution in [0.3, 0.4) is 0 Å². The second-order valence-corrected chi connectivity index (χ2v) is 16.4. The Morgan fingerprint density at radius 2 is 1.72 bits per heavy atom. The Morgan fingerprint density at radius 3 is 2.44 bits per heavy atom. The molecule has 11 nitrogen and oxygen atoms in total. The van der Waals surface area contributed by atoms with E-state index < -0.39 is 40.0 Å². The fourth-order valence-electron chi connectivity index (χ4n) is 7.87. The van der Waals surface area contributed by atoms with Crippen molar-refractivity contribution in [2.45, 2.75) is 51.6 Å². The van der Waals surface area contributed by atoms with Crippen LogP contribution in [-0.4, -0.2) is 50.1 Å². The van der Waals surface area contributed by atoms with E-state index in [0.717, 1.165) is 30.0 Å². The van der Waals surface area contributed by atoms with Gasteiger partial charge in [0.2, 0.25) is 15.9 Å². The first-order valence-corrected chi connectivity index (χ1v) is 20.2. The number of hydrogen-bond acceptors (Lipinski definition) is 6. The van der Waals surface area contributed by atoms with Crippen molar-refractivity contribution in [2.24, 2.45) is 13.0 Å². The molecule has 0 saturated carbocycles. The van der Waals surface area contributed by atoms with Gasteiger partial charge < -0.3 is 10.3 Å². The zero-order chi connectivity index (χ0) is 40.2. The number of anilines is 1. The number of aryl methyl sites for hydroxylation is 1. The van der Waals surface area contributed by atoms with Crippen molar-refractivity contribution < 1.29 is 30.8 Å². The summed E-state index contributed by atoms with van der Waals surface area (Å²) >= 11 is 0. The lowest BCUT2D eigenvalue weighted by Gasteiger charge is -2.23. The number of halogens is 4. The molecule has 3 aromatic carbocycles. The number of carbonyl (C=O) groups excluding carboxylic acids is 1. The zero-order valence-corrected chi connectivity index (χ0v) is 32.0. The van der Waals surface area contributed by atoms with Crippen molar-refractivity contribution in [3.8, 4) is 22.4 Å². The second-order valence-electron chi connectivity index (χ2n) is 14.7. The van der Waals surface area contributed by atoms with Gasteiger partial charge in [-0.1, -0.05) is 49.4 Å². The van der Waals surface area contributed by atoms with E-state index in [9.17, 15) is 30.8 Å². The van der Waals surface area contributed by atoms with E-state index >= 15 is 0 Å². The van der Waals surface area contributed by atoms with Crippen molar-refractivity contribution in [3.05, 3.63) is 119 Å². The van der Waals surface area contributed by atoms with Gasteiger partial charge >= 0.3 is 0 Å². The highest BCUT2D eigenvalue weighted by Gasteiger charge is 2.30. The Kier molecular flexibility index (Phi) is 9.84. The largest absolute Gasteiger partial charge is 0.353 e. The number of alkyl halides is 2.